The highest BCUT2D eigenvalue weighted by Crippen LogP contribution is 2.39. The van der Waals surface area contributed by atoms with Crippen molar-refractivity contribution >= 4 is 13.2 Å². The molecule has 0 aromatic carbocycles. The maximum absolute atomic E-state index is 11.6. The molecule has 0 atom stereocenters. The SMILES string of the molecule is COC(=O)N1C=C(B2OC(C)(C)C(C)(C)O2)CCC1. The maximum atomic E-state index is 11.6. The van der Waals surface area contributed by atoms with E-state index in [1.54, 1.807) is 11.1 Å². The van der Waals surface area contributed by atoms with Gasteiger partial charge >= 0.3 is 13.2 Å². The molecule has 106 valence electrons. The van der Waals surface area contributed by atoms with Crippen LogP contribution in [0.1, 0.15) is 40.5 Å². The molecule has 0 saturated carbocycles. The van der Waals surface area contributed by atoms with Crippen molar-refractivity contribution in [3.63, 3.8) is 0 Å². The molecule has 19 heavy (non-hydrogen) atoms. The molecule has 5 nitrogen and oxygen atoms in total. The quantitative estimate of drug-likeness (QED) is 0.684. The molecule has 0 aromatic heterocycles. The highest BCUT2D eigenvalue weighted by Gasteiger charge is 2.52. The van der Waals surface area contributed by atoms with E-state index in [-0.39, 0.29) is 24.4 Å². The first kappa shape index (κ1) is 14.4. The average Bonchev–Trinajstić information content (AvgIpc) is 2.58. The van der Waals surface area contributed by atoms with Crippen LogP contribution >= 0.6 is 0 Å². The Morgan fingerprint density at radius 2 is 1.89 bits per heavy atom. The van der Waals surface area contributed by atoms with Crippen LogP contribution in [-0.4, -0.2) is 43.0 Å². The van der Waals surface area contributed by atoms with Gasteiger partial charge in [0, 0.05) is 12.7 Å². The average molecular weight is 267 g/mol. The van der Waals surface area contributed by atoms with E-state index >= 15 is 0 Å². The number of methoxy groups -OCH3 is 1. The molecule has 2 rings (SSSR count). The molecule has 0 spiro atoms. The van der Waals surface area contributed by atoms with Gasteiger partial charge in [-0.25, -0.2) is 4.79 Å². The zero-order valence-corrected chi connectivity index (χ0v) is 12.4. The summed E-state index contributed by atoms with van der Waals surface area (Å²) >= 11 is 0. The summed E-state index contributed by atoms with van der Waals surface area (Å²) in [6, 6.07) is 0. The molecule has 2 heterocycles. The normalized spacial score (nSPS) is 25.2. The number of amides is 1. The molecule has 6 heteroatoms. The van der Waals surface area contributed by atoms with E-state index in [1.165, 1.54) is 7.11 Å². The fourth-order valence-electron chi connectivity index (χ4n) is 2.22. The lowest BCUT2D eigenvalue weighted by Crippen LogP contribution is -2.41. The van der Waals surface area contributed by atoms with E-state index in [0.717, 1.165) is 18.3 Å². The Hall–Kier alpha value is -1.01. The zero-order chi connectivity index (χ0) is 14.3. The van der Waals surface area contributed by atoms with Crippen molar-refractivity contribution in [3.05, 3.63) is 11.7 Å². The maximum Gasteiger partial charge on any atom is 0.492 e. The van der Waals surface area contributed by atoms with Crippen LogP contribution < -0.4 is 0 Å². The van der Waals surface area contributed by atoms with Gasteiger partial charge in [0.2, 0.25) is 0 Å². The highest BCUT2D eigenvalue weighted by atomic mass is 16.7. The Morgan fingerprint density at radius 1 is 1.32 bits per heavy atom. The van der Waals surface area contributed by atoms with Crippen molar-refractivity contribution in [3.8, 4) is 0 Å². The Labute approximate surface area is 115 Å². The van der Waals surface area contributed by atoms with Crippen LogP contribution in [0.15, 0.2) is 11.7 Å². The van der Waals surface area contributed by atoms with Crippen LogP contribution in [0, 0.1) is 0 Å². The van der Waals surface area contributed by atoms with Crippen LogP contribution in [0.3, 0.4) is 0 Å². The summed E-state index contributed by atoms with van der Waals surface area (Å²) in [6.45, 7) is 8.77. The van der Waals surface area contributed by atoms with Crippen LogP contribution in [0.25, 0.3) is 0 Å². The molecule has 0 N–H and O–H groups in total. The summed E-state index contributed by atoms with van der Waals surface area (Å²) < 4.78 is 16.7. The van der Waals surface area contributed by atoms with E-state index in [4.69, 9.17) is 14.0 Å². The number of rotatable bonds is 1. The third-order valence-electron chi connectivity index (χ3n) is 4.15. The third-order valence-corrected chi connectivity index (χ3v) is 4.15. The first-order valence-electron chi connectivity index (χ1n) is 6.68. The summed E-state index contributed by atoms with van der Waals surface area (Å²) in [7, 11) is 1.01. The molecule has 2 aliphatic rings. The molecule has 1 saturated heterocycles. The molecule has 0 radical (unpaired) electrons. The van der Waals surface area contributed by atoms with E-state index in [9.17, 15) is 4.79 Å². The minimum Gasteiger partial charge on any atom is -0.452 e. The lowest BCUT2D eigenvalue weighted by atomic mass is 9.75. The summed E-state index contributed by atoms with van der Waals surface area (Å²) in [4.78, 5) is 13.1. The summed E-state index contributed by atoms with van der Waals surface area (Å²) in [5.74, 6) is 0. The van der Waals surface area contributed by atoms with Crippen molar-refractivity contribution in [1.29, 1.82) is 0 Å². The number of nitrogens with zero attached hydrogens (tertiary/aromatic N) is 1. The standard InChI is InChI=1S/C13H22BNO4/c1-12(2)13(3,4)19-14(18-12)10-7-6-8-15(9-10)11(16)17-5/h9H,6-8H2,1-5H3. The lowest BCUT2D eigenvalue weighted by molar-refractivity contribution is 0.00578. The van der Waals surface area contributed by atoms with Gasteiger partial charge in [0.1, 0.15) is 0 Å². The van der Waals surface area contributed by atoms with Crippen molar-refractivity contribution in [2.45, 2.75) is 51.7 Å². The second-order valence-electron chi connectivity index (χ2n) is 6.06. The van der Waals surface area contributed by atoms with Gasteiger partial charge in [-0.3, -0.25) is 4.90 Å². The summed E-state index contributed by atoms with van der Waals surface area (Å²) in [5.41, 5.74) is 0.285. The molecule has 0 aliphatic carbocycles. The number of ether oxygens (including phenoxy) is 1. The Kier molecular flexibility index (Phi) is 3.66. The van der Waals surface area contributed by atoms with Crippen LogP contribution in [0.2, 0.25) is 0 Å². The predicted molar refractivity (Wildman–Crippen MR) is 72.5 cm³/mol. The van der Waals surface area contributed by atoms with Gasteiger partial charge in [0.25, 0.3) is 0 Å². The summed E-state index contributed by atoms with van der Waals surface area (Å²) in [5, 5.41) is 0. The van der Waals surface area contributed by atoms with E-state index in [1.807, 2.05) is 27.7 Å². The van der Waals surface area contributed by atoms with Gasteiger partial charge in [-0.15, -0.1) is 0 Å². The minimum absolute atomic E-state index is 0.339. The first-order valence-corrected chi connectivity index (χ1v) is 6.68. The van der Waals surface area contributed by atoms with Crippen LogP contribution in [-0.2, 0) is 14.0 Å². The van der Waals surface area contributed by atoms with Gasteiger partial charge in [-0.1, -0.05) is 0 Å². The highest BCUT2D eigenvalue weighted by molar-refractivity contribution is 6.54. The fraction of sp³-hybridized carbons (Fsp3) is 0.769. The lowest BCUT2D eigenvalue weighted by Gasteiger charge is -2.32. The molecular weight excluding hydrogens is 245 g/mol. The van der Waals surface area contributed by atoms with Gasteiger partial charge in [-0.05, 0) is 46.0 Å². The second kappa shape index (κ2) is 4.83. The van der Waals surface area contributed by atoms with Crippen LogP contribution in [0.4, 0.5) is 4.79 Å². The topological polar surface area (TPSA) is 48.0 Å². The molecule has 2 aliphatic heterocycles. The molecular formula is C13H22BNO4. The smallest absolute Gasteiger partial charge is 0.452 e. The number of hydrogen-bond donors (Lipinski definition) is 0. The Morgan fingerprint density at radius 3 is 2.42 bits per heavy atom. The zero-order valence-electron chi connectivity index (χ0n) is 12.4. The third kappa shape index (κ3) is 2.65. The number of carbonyl (C=O) groups is 1. The molecule has 1 fully saturated rings. The molecule has 0 aromatic rings. The van der Waals surface area contributed by atoms with Crippen LogP contribution in [0.5, 0.6) is 0 Å². The number of hydrogen-bond acceptors (Lipinski definition) is 4. The Balaban J connectivity index is 2.15. The number of allylic oxidation sites excluding steroid dienone is 1. The van der Waals surface area contributed by atoms with Gasteiger partial charge in [0.05, 0.1) is 18.3 Å². The van der Waals surface area contributed by atoms with E-state index < -0.39 is 0 Å². The Bertz CT molecular complexity index is 389. The second-order valence-corrected chi connectivity index (χ2v) is 6.06. The largest absolute Gasteiger partial charge is 0.492 e. The van der Waals surface area contributed by atoms with E-state index in [2.05, 4.69) is 0 Å². The van der Waals surface area contributed by atoms with Crippen molar-refractivity contribution in [2.75, 3.05) is 13.7 Å². The molecule has 0 bridgehead atoms. The van der Waals surface area contributed by atoms with E-state index in [0.29, 0.717) is 6.54 Å². The predicted octanol–water partition coefficient (Wildman–Crippen LogP) is 2.36. The monoisotopic (exact) mass is 267 g/mol. The molecule has 1 amide bonds. The van der Waals surface area contributed by atoms with Gasteiger partial charge < -0.3 is 14.0 Å². The van der Waals surface area contributed by atoms with Crippen molar-refractivity contribution in [2.24, 2.45) is 0 Å². The van der Waals surface area contributed by atoms with Crippen molar-refractivity contribution < 1.29 is 18.8 Å². The fourth-order valence-corrected chi connectivity index (χ4v) is 2.22. The summed E-state index contributed by atoms with van der Waals surface area (Å²) in [6.07, 6.45) is 3.24. The van der Waals surface area contributed by atoms with Crippen molar-refractivity contribution in [1.82, 2.24) is 4.90 Å². The number of carbonyl (C=O) groups excluding carboxylic acids is 1. The minimum atomic E-state index is -0.377. The van der Waals surface area contributed by atoms with Gasteiger partial charge in [0.15, 0.2) is 0 Å². The first-order chi connectivity index (χ1) is 8.77. The van der Waals surface area contributed by atoms with Gasteiger partial charge in [-0.2, -0.15) is 0 Å². The molecule has 0 unspecified atom stereocenters.